The van der Waals surface area contributed by atoms with Crippen LogP contribution in [0, 0.1) is 6.92 Å². The summed E-state index contributed by atoms with van der Waals surface area (Å²) >= 11 is 0. The monoisotopic (exact) mass is 281 g/mol. The number of nitrogens with two attached hydrogens (primary N) is 1. The lowest BCUT2D eigenvalue weighted by Gasteiger charge is -2.10. The largest absolute Gasteiger partial charge is 0.472 e. The standard InChI is InChI=1S/C12H15N3O3S/c1-8-11(9-2-4-18-6-9)14-15(12(8)13)10-3-5-19(16,17)7-10/h2,4,6,10H,3,5,7,13H2,1H3. The Bertz CT molecular complexity index is 701. The molecule has 1 aliphatic rings. The molecule has 1 saturated heterocycles. The van der Waals surface area contributed by atoms with Crippen molar-refractivity contribution in [2.24, 2.45) is 0 Å². The lowest BCUT2D eigenvalue weighted by molar-refractivity contribution is 0.508. The van der Waals surface area contributed by atoms with Crippen LogP contribution in [0.3, 0.4) is 0 Å². The fourth-order valence-electron chi connectivity index (χ4n) is 2.45. The van der Waals surface area contributed by atoms with Crippen LogP contribution in [0.15, 0.2) is 23.0 Å². The van der Waals surface area contributed by atoms with Crippen molar-refractivity contribution in [3.63, 3.8) is 0 Å². The lowest BCUT2D eigenvalue weighted by atomic mass is 10.1. The van der Waals surface area contributed by atoms with Crippen molar-refractivity contribution in [1.29, 1.82) is 0 Å². The molecule has 0 aliphatic carbocycles. The Morgan fingerprint density at radius 2 is 2.32 bits per heavy atom. The third kappa shape index (κ3) is 2.03. The second-order valence-electron chi connectivity index (χ2n) is 4.87. The summed E-state index contributed by atoms with van der Waals surface area (Å²) in [5, 5.41) is 4.47. The molecule has 2 N–H and O–H groups in total. The van der Waals surface area contributed by atoms with Gasteiger partial charge in [-0.2, -0.15) is 5.10 Å². The highest BCUT2D eigenvalue weighted by atomic mass is 32.2. The molecule has 0 aromatic carbocycles. The van der Waals surface area contributed by atoms with Crippen molar-refractivity contribution in [2.75, 3.05) is 17.2 Å². The van der Waals surface area contributed by atoms with Gasteiger partial charge in [0.05, 0.1) is 30.1 Å². The van der Waals surface area contributed by atoms with E-state index in [1.54, 1.807) is 17.2 Å². The predicted molar refractivity (Wildman–Crippen MR) is 71.4 cm³/mol. The van der Waals surface area contributed by atoms with E-state index in [1.807, 2.05) is 13.0 Å². The van der Waals surface area contributed by atoms with Gasteiger partial charge in [0.25, 0.3) is 0 Å². The van der Waals surface area contributed by atoms with Crippen molar-refractivity contribution in [2.45, 2.75) is 19.4 Å². The first-order valence-corrected chi connectivity index (χ1v) is 7.87. The summed E-state index contributed by atoms with van der Waals surface area (Å²) in [6, 6.07) is 1.65. The van der Waals surface area contributed by atoms with Crippen LogP contribution in [0.4, 0.5) is 5.82 Å². The SMILES string of the molecule is Cc1c(-c2ccoc2)nn(C2CCS(=O)(=O)C2)c1N. The number of rotatable bonds is 2. The fourth-order valence-corrected chi connectivity index (χ4v) is 4.14. The summed E-state index contributed by atoms with van der Waals surface area (Å²) in [6.07, 6.45) is 3.74. The number of hydrogen-bond acceptors (Lipinski definition) is 5. The summed E-state index contributed by atoms with van der Waals surface area (Å²) in [6.45, 7) is 1.88. The Kier molecular flexibility index (Phi) is 2.67. The van der Waals surface area contributed by atoms with Crippen LogP contribution in [0.2, 0.25) is 0 Å². The fraction of sp³-hybridized carbons (Fsp3) is 0.417. The predicted octanol–water partition coefficient (Wildman–Crippen LogP) is 1.39. The maximum absolute atomic E-state index is 11.5. The molecule has 2 aromatic rings. The van der Waals surface area contributed by atoms with E-state index in [0.717, 1.165) is 16.8 Å². The van der Waals surface area contributed by atoms with Crippen molar-refractivity contribution < 1.29 is 12.8 Å². The van der Waals surface area contributed by atoms with E-state index in [9.17, 15) is 8.42 Å². The number of sulfone groups is 1. The summed E-state index contributed by atoms with van der Waals surface area (Å²) in [7, 11) is -2.95. The minimum absolute atomic E-state index is 0.114. The molecule has 3 rings (SSSR count). The van der Waals surface area contributed by atoms with E-state index in [0.29, 0.717) is 12.2 Å². The van der Waals surface area contributed by atoms with Crippen molar-refractivity contribution in [3.8, 4) is 11.3 Å². The number of nitrogens with zero attached hydrogens (tertiary/aromatic N) is 2. The lowest BCUT2D eigenvalue weighted by Crippen LogP contribution is -2.14. The normalized spacial score (nSPS) is 21.8. The molecule has 19 heavy (non-hydrogen) atoms. The smallest absolute Gasteiger partial charge is 0.152 e. The van der Waals surface area contributed by atoms with Crippen molar-refractivity contribution >= 4 is 15.7 Å². The quantitative estimate of drug-likeness (QED) is 0.898. The minimum Gasteiger partial charge on any atom is -0.472 e. The summed E-state index contributed by atoms with van der Waals surface area (Å²) in [4.78, 5) is 0. The van der Waals surface area contributed by atoms with Gasteiger partial charge in [-0.05, 0) is 19.4 Å². The molecule has 1 aliphatic heterocycles. The van der Waals surface area contributed by atoms with Crippen molar-refractivity contribution in [1.82, 2.24) is 9.78 Å². The molecule has 1 fully saturated rings. The number of hydrogen-bond donors (Lipinski definition) is 1. The molecule has 0 bridgehead atoms. The highest BCUT2D eigenvalue weighted by Crippen LogP contribution is 2.32. The molecule has 1 atom stereocenters. The van der Waals surface area contributed by atoms with E-state index in [-0.39, 0.29) is 17.5 Å². The van der Waals surface area contributed by atoms with Gasteiger partial charge in [-0.3, -0.25) is 0 Å². The summed E-state index contributed by atoms with van der Waals surface area (Å²) in [5.41, 5.74) is 8.50. The Hall–Kier alpha value is -1.76. The molecule has 2 aromatic heterocycles. The third-order valence-corrected chi connectivity index (χ3v) is 5.29. The Morgan fingerprint density at radius 1 is 1.53 bits per heavy atom. The molecular weight excluding hydrogens is 266 g/mol. The van der Waals surface area contributed by atoms with Gasteiger partial charge in [0.15, 0.2) is 9.84 Å². The average Bonchev–Trinajstić information content (AvgIpc) is 3.03. The van der Waals surface area contributed by atoms with Crippen LogP contribution in [0.5, 0.6) is 0 Å². The van der Waals surface area contributed by atoms with Gasteiger partial charge in [-0.1, -0.05) is 0 Å². The number of nitrogen functional groups attached to an aromatic ring is 1. The Labute approximate surface area is 111 Å². The summed E-state index contributed by atoms with van der Waals surface area (Å²) in [5.74, 6) is 0.846. The molecule has 3 heterocycles. The topological polar surface area (TPSA) is 91.1 Å². The van der Waals surface area contributed by atoms with Gasteiger partial charge in [-0.25, -0.2) is 13.1 Å². The highest BCUT2D eigenvalue weighted by molar-refractivity contribution is 7.91. The van der Waals surface area contributed by atoms with E-state index < -0.39 is 9.84 Å². The number of anilines is 1. The first kappa shape index (κ1) is 12.3. The van der Waals surface area contributed by atoms with Gasteiger partial charge < -0.3 is 10.2 Å². The Morgan fingerprint density at radius 3 is 2.89 bits per heavy atom. The first-order chi connectivity index (χ1) is 8.98. The molecular formula is C12H15N3O3S. The average molecular weight is 281 g/mol. The van der Waals surface area contributed by atoms with E-state index in [1.165, 1.54) is 0 Å². The van der Waals surface area contributed by atoms with Crippen molar-refractivity contribution in [3.05, 3.63) is 24.2 Å². The number of aromatic nitrogens is 2. The van der Waals surface area contributed by atoms with Crippen LogP contribution in [0.25, 0.3) is 11.3 Å². The van der Waals surface area contributed by atoms with Gasteiger partial charge in [0.1, 0.15) is 11.5 Å². The molecule has 6 nitrogen and oxygen atoms in total. The van der Waals surface area contributed by atoms with Crippen LogP contribution < -0.4 is 5.73 Å². The number of furan rings is 1. The van der Waals surface area contributed by atoms with Crippen LogP contribution >= 0.6 is 0 Å². The van der Waals surface area contributed by atoms with Crippen LogP contribution in [0.1, 0.15) is 18.0 Å². The van der Waals surface area contributed by atoms with E-state index in [4.69, 9.17) is 10.2 Å². The summed E-state index contributed by atoms with van der Waals surface area (Å²) < 4.78 is 29.8. The second kappa shape index (κ2) is 4.12. The molecule has 0 amide bonds. The van der Waals surface area contributed by atoms with Gasteiger partial charge >= 0.3 is 0 Å². The molecule has 0 radical (unpaired) electrons. The highest BCUT2D eigenvalue weighted by Gasteiger charge is 2.31. The van der Waals surface area contributed by atoms with E-state index >= 15 is 0 Å². The maximum Gasteiger partial charge on any atom is 0.152 e. The first-order valence-electron chi connectivity index (χ1n) is 6.05. The molecule has 0 spiro atoms. The zero-order chi connectivity index (χ0) is 13.6. The van der Waals surface area contributed by atoms with Gasteiger partial charge in [-0.15, -0.1) is 0 Å². The van der Waals surface area contributed by atoms with Crippen LogP contribution in [-0.4, -0.2) is 29.7 Å². The molecule has 1 unspecified atom stereocenters. The van der Waals surface area contributed by atoms with Gasteiger partial charge in [0.2, 0.25) is 0 Å². The molecule has 102 valence electrons. The van der Waals surface area contributed by atoms with Gasteiger partial charge in [0, 0.05) is 11.1 Å². The van der Waals surface area contributed by atoms with Crippen LogP contribution in [-0.2, 0) is 9.84 Å². The second-order valence-corrected chi connectivity index (χ2v) is 7.10. The minimum atomic E-state index is -2.95. The zero-order valence-corrected chi connectivity index (χ0v) is 11.4. The molecule has 0 saturated carbocycles. The van der Waals surface area contributed by atoms with E-state index in [2.05, 4.69) is 5.10 Å². The third-order valence-electron chi connectivity index (χ3n) is 3.54. The zero-order valence-electron chi connectivity index (χ0n) is 10.5. The molecule has 7 heteroatoms. The maximum atomic E-state index is 11.5. The Balaban J connectivity index is 2.03.